The van der Waals surface area contributed by atoms with Gasteiger partial charge in [-0.25, -0.2) is 9.59 Å². The first-order valence-electron chi connectivity index (χ1n) is 8.90. The van der Waals surface area contributed by atoms with Crippen LogP contribution in [0.5, 0.6) is 0 Å². The topological polar surface area (TPSA) is 55.9 Å². The number of para-hydroxylation sites is 1. The van der Waals surface area contributed by atoms with Crippen molar-refractivity contribution in [1.29, 1.82) is 0 Å². The summed E-state index contributed by atoms with van der Waals surface area (Å²) in [5.74, 6) is 0. The van der Waals surface area contributed by atoms with Crippen molar-refractivity contribution in [1.82, 2.24) is 14.7 Å². The molecule has 3 fully saturated rings. The zero-order chi connectivity index (χ0) is 16.5. The molecule has 1 unspecified atom stereocenters. The van der Waals surface area contributed by atoms with Crippen LogP contribution in [-0.4, -0.2) is 65.0 Å². The number of rotatable bonds is 2. The van der Waals surface area contributed by atoms with E-state index >= 15 is 0 Å². The number of likely N-dealkylation sites (tertiary alicyclic amines) is 1. The van der Waals surface area contributed by atoms with Crippen LogP contribution < -0.4 is 5.32 Å². The maximum atomic E-state index is 12.5. The lowest BCUT2D eigenvalue weighted by Gasteiger charge is -2.36. The van der Waals surface area contributed by atoms with Gasteiger partial charge in [-0.05, 0) is 37.8 Å². The van der Waals surface area contributed by atoms with Crippen LogP contribution in [0.3, 0.4) is 0 Å². The fraction of sp³-hybridized carbons (Fsp3) is 0.556. The van der Waals surface area contributed by atoms with Crippen LogP contribution in [0.2, 0.25) is 0 Å². The lowest BCUT2D eigenvalue weighted by atomic mass is 10.0. The standard InChI is InChI=1S/C18H24N4O2/c23-17(19-14-5-2-1-3-6-14)20-11-8-15(9-12-20)22-13-16-7-4-10-21(16)18(22)24/h1-3,5-6,15-16H,4,7-13H2,(H,19,23). The number of benzene rings is 1. The van der Waals surface area contributed by atoms with E-state index in [4.69, 9.17) is 0 Å². The SMILES string of the molecule is O=C(Nc1ccccc1)N1CCC(N2CC3CCCN3C2=O)CC1. The van der Waals surface area contributed by atoms with Gasteiger partial charge in [-0.2, -0.15) is 0 Å². The molecule has 3 heterocycles. The molecule has 3 aliphatic heterocycles. The quantitative estimate of drug-likeness (QED) is 0.907. The Labute approximate surface area is 142 Å². The second kappa shape index (κ2) is 6.34. The van der Waals surface area contributed by atoms with Gasteiger partial charge < -0.3 is 20.0 Å². The van der Waals surface area contributed by atoms with E-state index in [0.29, 0.717) is 19.1 Å². The van der Waals surface area contributed by atoms with Crippen molar-refractivity contribution in [2.24, 2.45) is 0 Å². The first-order chi connectivity index (χ1) is 11.7. The largest absolute Gasteiger partial charge is 0.324 e. The Morgan fingerprint density at radius 1 is 0.958 bits per heavy atom. The Bertz CT molecular complexity index is 613. The zero-order valence-electron chi connectivity index (χ0n) is 13.9. The normalized spacial score (nSPS) is 24.4. The molecule has 24 heavy (non-hydrogen) atoms. The van der Waals surface area contributed by atoms with E-state index in [1.807, 2.05) is 40.1 Å². The van der Waals surface area contributed by atoms with Gasteiger partial charge in [0.05, 0.1) is 6.04 Å². The van der Waals surface area contributed by atoms with Crippen LogP contribution in [0, 0.1) is 0 Å². The number of nitrogens with one attached hydrogen (secondary N) is 1. The summed E-state index contributed by atoms with van der Waals surface area (Å²) in [6.07, 6.45) is 4.02. The molecule has 0 aromatic heterocycles. The molecule has 1 aromatic carbocycles. The number of urea groups is 2. The van der Waals surface area contributed by atoms with Gasteiger partial charge in [0.15, 0.2) is 0 Å². The van der Waals surface area contributed by atoms with Crippen LogP contribution >= 0.6 is 0 Å². The van der Waals surface area contributed by atoms with Crippen molar-refractivity contribution in [3.63, 3.8) is 0 Å². The molecule has 1 aromatic rings. The summed E-state index contributed by atoms with van der Waals surface area (Å²) in [7, 11) is 0. The summed E-state index contributed by atoms with van der Waals surface area (Å²) in [6.45, 7) is 3.20. The Hall–Kier alpha value is -2.24. The second-order valence-electron chi connectivity index (χ2n) is 6.94. The van der Waals surface area contributed by atoms with E-state index in [1.54, 1.807) is 0 Å². The van der Waals surface area contributed by atoms with Crippen LogP contribution in [0.25, 0.3) is 0 Å². The third-order valence-electron chi connectivity index (χ3n) is 5.49. The van der Waals surface area contributed by atoms with Gasteiger partial charge in [-0.1, -0.05) is 18.2 Å². The number of hydrogen-bond acceptors (Lipinski definition) is 2. The highest BCUT2D eigenvalue weighted by Crippen LogP contribution is 2.30. The lowest BCUT2D eigenvalue weighted by molar-refractivity contribution is 0.139. The third-order valence-corrected chi connectivity index (χ3v) is 5.49. The van der Waals surface area contributed by atoms with Gasteiger partial charge in [-0.15, -0.1) is 0 Å². The minimum absolute atomic E-state index is 0.0481. The molecule has 0 spiro atoms. The van der Waals surface area contributed by atoms with Gasteiger partial charge in [0.1, 0.15) is 0 Å². The fourth-order valence-corrected chi connectivity index (χ4v) is 4.16. The highest BCUT2D eigenvalue weighted by Gasteiger charge is 2.43. The summed E-state index contributed by atoms with van der Waals surface area (Å²) < 4.78 is 0. The summed E-state index contributed by atoms with van der Waals surface area (Å²) in [4.78, 5) is 30.8. The minimum Gasteiger partial charge on any atom is -0.324 e. The van der Waals surface area contributed by atoms with Crippen molar-refractivity contribution in [2.45, 2.75) is 37.8 Å². The van der Waals surface area contributed by atoms with E-state index in [-0.39, 0.29) is 18.1 Å². The van der Waals surface area contributed by atoms with E-state index in [9.17, 15) is 9.59 Å². The number of nitrogens with zero attached hydrogens (tertiary/aromatic N) is 3. The molecule has 128 valence electrons. The van der Waals surface area contributed by atoms with E-state index in [0.717, 1.165) is 44.5 Å². The molecule has 1 atom stereocenters. The Morgan fingerprint density at radius 2 is 1.71 bits per heavy atom. The number of hydrogen-bond donors (Lipinski definition) is 1. The number of piperidine rings is 1. The third kappa shape index (κ3) is 2.81. The number of amides is 4. The molecule has 0 radical (unpaired) electrons. The molecule has 1 N–H and O–H groups in total. The van der Waals surface area contributed by atoms with Crippen LogP contribution in [-0.2, 0) is 0 Å². The summed E-state index contributed by atoms with van der Waals surface area (Å²) in [6, 6.07) is 10.4. The Balaban J connectivity index is 1.31. The molecule has 0 aliphatic carbocycles. The van der Waals surface area contributed by atoms with Gasteiger partial charge in [0.25, 0.3) is 0 Å². The predicted molar refractivity (Wildman–Crippen MR) is 91.9 cm³/mol. The van der Waals surface area contributed by atoms with Crippen LogP contribution in [0.4, 0.5) is 15.3 Å². The summed E-state index contributed by atoms with van der Waals surface area (Å²) >= 11 is 0. The number of carbonyl (C=O) groups excluding carboxylic acids is 2. The van der Waals surface area contributed by atoms with Crippen molar-refractivity contribution < 1.29 is 9.59 Å². The average Bonchev–Trinajstić information content (AvgIpc) is 3.19. The van der Waals surface area contributed by atoms with E-state index in [1.165, 1.54) is 0 Å². The first kappa shape index (κ1) is 15.3. The molecular formula is C18H24N4O2. The second-order valence-corrected chi connectivity index (χ2v) is 6.94. The van der Waals surface area contributed by atoms with E-state index in [2.05, 4.69) is 10.2 Å². The molecule has 6 heteroatoms. The van der Waals surface area contributed by atoms with Crippen LogP contribution in [0.15, 0.2) is 30.3 Å². The van der Waals surface area contributed by atoms with Crippen molar-refractivity contribution in [3.8, 4) is 0 Å². The predicted octanol–water partition coefficient (Wildman–Crippen LogP) is 2.58. The molecule has 3 aliphatic rings. The van der Waals surface area contributed by atoms with Gasteiger partial charge in [0.2, 0.25) is 0 Å². The molecular weight excluding hydrogens is 304 g/mol. The molecule has 0 bridgehead atoms. The number of anilines is 1. The monoisotopic (exact) mass is 328 g/mol. The molecule has 4 rings (SSSR count). The maximum absolute atomic E-state index is 12.5. The average molecular weight is 328 g/mol. The maximum Gasteiger partial charge on any atom is 0.321 e. The van der Waals surface area contributed by atoms with Crippen LogP contribution in [0.1, 0.15) is 25.7 Å². The molecule has 0 saturated carbocycles. The Kier molecular flexibility index (Phi) is 4.04. The highest BCUT2D eigenvalue weighted by atomic mass is 16.2. The Morgan fingerprint density at radius 3 is 2.42 bits per heavy atom. The minimum atomic E-state index is -0.0481. The summed E-state index contributed by atoms with van der Waals surface area (Å²) in [5.41, 5.74) is 0.819. The van der Waals surface area contributed by atoms with Crippen molar-refractivity contribution in [2.75, 3.05) is 31.5 Å². The lowest BCUT2D eigenvalue weighted by Crippen LogP contribution is -2.49. The number of fused-ring (bicyclic) bond motifs is 1. The highest BCUT2D eigenvalue weighted by molar-refractivity contribution is 5.89. The summed E-state index contributed by atoms with van der Waals surface area (Å²) in [5, 5.41) is 2.94. The number of carbonyl (C=O) groups is 2. The van der Waals surface area contributed by atoms with Gasteiger partial charge >= 0.3 is 12.1 Å². The molecule has 6 nitrogen and oxygen atoms in total. The van der Waals surface area contributed by atoms with Gasteiger partial charge in [-0.3, -0.25) is 0 Å². The van der Waals surface area contributed by atoms with E-state index < -0.39 is 0 Å². The molecule has 3 saturated heterocycles. The van der Waals surface area contributed by atoms with Gasteiger partial charge in [0, 0.05) is 37.9 Å². The zero-order valence-corrected chi connectivity index (χ0v) is 13.9. The van der Waals surface area contributed by atoms with Crippen molar-refractivity contribution in [3.05, 3.63) is 30.3 Å². The first-order valence-corrected chi connectivity index (χ1v) is 8.90. The van der Waals surface area contributed by atoms with Crippen molar-refractivity contribution >= 4 is 17.7 Å². The molecule has 4 amide bonds. The fourth-order valence-electron chi connectivity index (χ4n) is 4.16. The smallest absolute Gasteiger partial charge is 0.321 e.